The zero-order chi connectivity index (χ0) is 14.9. The van der Waals surface area contributed by atoms with E-state index < -0.39 is 34.3 Å². The van der Waals surface area contributed by atoms with Gasteiger partial charge in [-0.1, -0.05) is 0 Å². The molecule has 0 aliphatic rings. The summed E-state index contributed by atoms with van der Waals surface area (Å²) >= 11 is 0. The van der Waals surface area contributed by atoms with E-state index in [0.29, 0.717) is 0 Å². The van der Waals surface area contributed by atoms with Crippen LogP contribution in [-0.2, 0) is 33.4 Å². The van der Waals surface area contributed by atoms with Crippen molar-refractivity contribution in [2.45, 2.75) is 26.1 Å². The fourth-order valence-corrected chi connectivity index (χ4v) is 1.24. The number of carbonyl (C=O) groups excluding carboxylic acids is 2. The lowest BCUT2D eigenvalue weighted by Crippen LogP contribution is -2.24. The van der Waals surface area contributed by atoms with Crippen molar-refractivity contribution in [3.63, 3.8) is 0 Å². The molecule has 18 heavy (non-hydrogen) atoms. The predicted molar refractivity (Wildman–Crippen MR) is 61.1 cm³/mol. The van der Waals surface area contributed by atoms with Crippen LogP contribution < -0.4 is 0 Å². The molecular weight excluding hydrogens is 268 g/mol. The third-order valence-electron chi connectivity index (χ3n) is 1.39. The number of methoxy groups -OCH3 is 2. The third-order valence-corrected chi connectivity index (χ3v) is 2.03. The monoisotopic (exact) mass is 286 g/mol. The van der Waals surface area contributed by atoms with Crippen molar-refractivity contribution in [1.82, 2.24) is 0 Å². The molecule has 0 spiro atoms. The minimum atomic E-state index is -3.58. The highest BCUT2D eigenvalue weighted by Gasteiger charge is 2.18. The van der Waals surface area contributed by atoms with E-state index in [4.69, 9.17) is 5.11 Å². The molecule has 0 fully saturated rings. The van der Waals surface area contributed by atoms with Crippen LogP contribution in [-0.4, -0.2) is 58.1 Å². The summed E-state index contributed by atoms with van der Waals surface area (Å²) in [5, 5.41) is 8.35. The molecule has 0 saturated carbocycles. The Bertz CT molecular complexity index is 359. The first-order valence-corrected chi connectivity index (χ1v) is 6.58. The van der Waals surface area contributed by atoms with Crippen molar-refractivity contribution in [1.29, 1.82) is 0 Å². The Balaban J connectivity index is 0. The summed E-state index contributed by atoms with van der Waals surface area (Å²) in [4.78, 5) is 20.6. The fourth-order valence-electron chi connectivity index (χ4n) is 0.638. The van der Waals surface area contributed by atoms with E-state index in [2.05, 4.69) is 13.7 Å². The van der Waals surface area contributed by atoms with Crippen LogP contribution >= 0.6 is 0 Å². The lowest BCUT2D eigenvalue weighted by molar-refractivity contribution is -0.149. The first-order valence-electron chi connectivity index (χ1n) is 4.77. The number of hydrogen-bond donors (Lipinski definition) is 1. The summed E-state index contributed by atoms with van der Waals surface area (Å²) < 4.78 is 33.5. The van der Waals surface area contributed by atoms with Crippen molar-refractivity contribution in [2.75, 3.05) is 20.5 Å². The van der Waals surface area contributed by atoms with Gasteiger partial charge in [-0.25, -0.2) is 9.59 Å². The SMILES string of the molecule is COC(=O)[C@@H](C)O.COC(=O)[C@@H](C)OS(C)(=O)=O. The average Bonchev–Trinajstić information content (AvgIpc) is 2.25. The molecule has 0 rings (SSSR count). The van der Waals surface area contributed by atoms with Gasteiger partial charge < -0.3 is 14.6 Å². The van der Waals surface area contributed by atoms with Crippen LogP contribution in [0.5, 0.6) is 0 Å². The molecule has 108 valence electrons. The van der Waals surface area contributed by atoms with Gasteiger partial charge in [0.15, 0.2) is 6.10 Å². The fraction of sp³-hybridized carbons (Fsp3) is 0.778. The Hall–Kier alpha value is -1.19. The summed E-state index contributed by atoms with van der Waals surface area (Å²) in [7, 11) is -1.19. The lowest BCUT2D eigenvalue weighted by Gasteiger charge is -2.07. The van der Waals surface area contributed by atoms with Crippen LogP contribution in [0.1, 0.15) is 13.8 Å². The number of hydrogen-bond acceptors (Lipinski definition) is 8. The van der Waals surface area contributed by atoms with E-state index in [1.165, 1.54) is 21.0 Å². The second-order valence-corrected chi connectivity index (χ2v) is 4.77. The van der Waals surface area contributed by atoms with Crippen LogP contribution in [0.2, 0.25) is 0 Å². The van der Waals surface area contributed by atoms with Gasteiger partial charge in [0.25, 0.3) is 10.1 Å². The van der Waals surface area contributed by atoms with Crippen molar-refractivity contribution in [3.05, 3.63) is 0 Å². The van der Waals surface area contributed by atoms with E-state index >= 15 is 0 Å². The number of aliphatic hydroxyl groups excluding tert-OH is 1. The molecule has 1 N–H and O–H groups in total. The van der Waals surface area contributed by atoms with E-state index in [1.54, 1.807) is 0 Å². The quantitative estimate of drug-likeness (QED) is 0.520. The van der Waals surface area contributed by atoms with Gasteiger partial charge >= 0.3 is 11.9 Å². The smallest absolute Gasteiger partial charge is 0.336 e. The zero-order valence-electron chi connectivity index (χ0n) is 10.9. The first-order chi connectivity index (χ1) is 8.05. The molecule has 0 amide bonds. The Kier molecular flexibility index (Phi) is 9.40. The van der Waals surface area contributed by atoms with Gasteiger partial charge in [-0.2, -0.15) is 8.42 Å². The summed E-state index contributed by atoms with van der Waals surface area (Å²) in [6.45, 7) is 2.65. The van der Waals surface area contributed by atoms with E-state index in [-0.39, 0.29) is 0 Å². The van der Waals surface area contributed by atoms with Crippen LogP contribution in [0.3, 0.4) is 0 Å². The van der Waals surface area contributed by atoms with Crippen molar-refractivity contribution >= 4 is 22.1 Å². The third kappa shape index (κ3) is 11.3. The molecule has 0 aliphatic heterocycles. The molecule has 0 radical (unpaired) electrons. The van der Waals surface area contributed by atoms with Gasteiger partial charge in [-0.3, -0.25) is 4.18 Å². The summed E-state index contributed by atoms with van der Waals surface area (Å²) in [6, 6.07) is 0. The molecule has 0 aliphatic carbocycles. The molecule has 0 aromatic rings. The lowest BCUT2D eigenvalue weighted by atomic mass is 10.4. The molecule has 0 aromatic heterocycles. The predicted octanol–water partition coefficient (Wildman–Crippen LogP) is -0.936. The van der Waals surface area contributed by atoms with Crippen molar-refractivity contribution < 1.29 is 36.8 Å². The van der Waals surface area contributed by atoms with Crippen LogP contribution in [0.4, 0.5) is 0 Å². The number of rotatable bonds is 4. The number of carbonyl (C=O) groups is 2. The normalized spacial score (nSPS) is 13.7. The van der Waals surface area contributed by atoms with E-state index in [1.807, 2.05) is 0 Å². The van der Waals surface area contributed by atoms with Crippen molar-refractivity contribution in [3.8, 4) is 0 Å². The summed E-state index contributed by atoms with van der Waals surface area (Å²) in [5.41, 5.74) is 0. The zero-order valence-corrected chi connectivity index (χ0v) is 11.7. The Morgan fingerprint density at radius 2 is 1.44 bits per heavy atom. The highest BCUT2D eigenvalue weighted by atomic mass is 32.2. The second kappa shape index (κ2) is 8.84. The molecule has 0 saturated heterocycles. The number of esters is 2. The Labute approximate surface area is 106 Å². The van der Waals surface area contributed by atoms with Crippen LogP contribution in [0, 0.1) is 0 Å². The topological polar surface area (TPSA) is 116 Å². The molecular formula is C9H18O8S. The summed E-state index contributed by atoms with van der Waals surface area (Å²) in [6.07, 6.45) is -1.20. The van der Waals surface area contributed by atoms with E-state index in [0.717, 1.165) is 13.4 Å². The van der Waals surface area contributed by atoms with Gasteiger partial charge in [0, 0.05) is 0 Å². The van der Waals surface area contributed by atoms with Gasteiger partial charge in [0.2, 0.25) is 0 Å². The first kappa shape index (κ1) is 19.2. The molecule has 0 aromatic carbocycles. The molecule has 0 unspecified atom stereocenters. The standard InChI is InChI=1S/C5H10O5S.C4H8O3/c1-4(5(6)9-2)10-11(3,7)8;1-3(5)4(6)7-2/h4H,1-3H3;3,5H,1-2H3/t4-;3-/m11/s1. The maximum absolute atomic E-state index is 10.6. The van der Waals surface area contributed by atoms with Gasteiger partial charge in [0.1, 0.15) is 6.10 Å². The Morgan fingerprint density at radius 3 is 1.61 bits per heavy atom. The summed E-state index contributed by atoms with van der Waals surface area (Å²) in [5.74, 6) is -1.31. The van der Waals surface area contributed by atoms with Gasteiger partial charge in [-0.05, 0) is 13.8 Å². The Morgan fingerprint density at radius 1 is 1.06 bits per heavy atom. The van der Waals surface area contributed by atoms with Crippen LogP contribution in [0.15, 0.2) is 0 Å². The van der Waals surface area contributed by atoms with Gasteiger partial charge in [0.05, 0.1) is 20.5 Å². The maximum atomic E-state index is 10.6. The minimum absolute atomic E-state index is 0.597. The number of ether oxygens (including phenoxy) is 2. The highest BCUT2D eigenvalue weighted by molar-refractivity contribution is 7.86. The average molecular weight is 286 g/mol. The minimum Gasteiger partial charge on any atom is -0.467 e. The van der Waals surface area contributed by atoms with Crippen LogP contribution in [0.25, 0.3) is 0 Å². The molecule has 8 nitrogen and oxygen atoms in total. The molecule has 0 bridgehead atoms. The molecule has 2 atom stereocenters. The second-order valence-electron chi connectivity index (χ2n) is 3.16. The van der Waals surface area contributed by atoms with Crippen molar-refractivity contribution in [2.24, 2.45) is 0 Å². The molecule has 9 heteroatoms. The largest absolute Gasteiger partial charge is 0.467 e. The highest BCUT2D eigenvalue weighted by Crippen LogP contribution is 1.98. The molecule has 0 heterocycles. The van der Waals surface area contributed by atoms with Gasteiger partial charge in [-0.15, -0.1) is 0 Å². The maximum Gasteiger partial charge on any atom is 0.336 e. The van der Waals surface area contributed by atoms with E-state index in [9.17, 15) is 18.0 Å². The number of aliphatic hydroxyl groups is 1.